The minimum absolute atomic E-state index is 0.350. The molecule has 1 aliphatic rings. The number of nitrogens with zero attached hydrogens (tertiary/aromatic N) is 2. The molecule has 6 nitrogen and oxygen atoms in total. The maximum atomic E-state index is 5.40. The molecule has 7 heteroatoms. The maximum absolute atomic E-state index is 5.40. The van der Waals surface area contributed by atoms with Gasteiger partial charge in [0.1, 0.15) is 11.5 Å². The minimum Gasteiger partial charge on any atom is -0.497 e. The molecule has 0 spiro atoms. The normalized spacial score (nSPS) is 17.1. The fraction of sp³-hybridized carbons (Fsp3) is 0.450. The van der Waals surface area contributed by atoms with Crippen LogP contribution >= 0.6 is 11.3 Å². The van der Waals surface area contributed by atoms with Crippen LogP contribution in [0.15, 0.2) is 40.0 Å². The van der Waals surface area contributed by atoms with E-state index in [9.17, 15) is 0 Å². The van der Waals surface area contributed by atoms with E-state index in [-0.39, 0.29) is 0 Å². The average Bonchev–Trinajstić information content (AvgIpc) is 3.38. The summed E-state index contributed by atoms with van der Waals surface area (Å²) in [7, 11) is 3.36. The molecule has 0 amide bonds. The monoisotopic (exact) mass is 388 g/mol. The zero-order valence-electron chi connectivity index (χ0n) is 16.2. The number of hydrogen-bond donors (Lipinski definition) is 2. The first kappa shape index (κ1) is 19.4. The van der Waals surface area contributed by atoms with Crippen LogP contribution < -0.4 is 25.0 Å². The third-order valence-corrected chi connectivity index (χ3v) is 5.31. The van der Waals surface area contributed by atoms with Gasteiger partial charge in [0.05, 0.1) is 20.8 Å². The van der Waals surface area contributed by atoms with Crippen molar-refractivity contribution in [1.29, 1.82) is 0 Å². The SMILES string of the molecule is CCNC(=NCc1ccsc1)NC1CCN(c2cc(OC)cc(OC)c2)C1. The highest BCUT2D eigenvalue weighted by Crippen LogP contribution is 2.30. The Labute approximate surface area is 165 Å². The van der Waals surface area contributed by atoms with Crippen molar-refractivity contribution in [3.05, 3.63) is 40.6 Å². The molecule has 2 aromatic rings. The number of guanidine groups is 1. The van der Waals surface area contributed by atoms with Crippen LogP contribution in [0.4, 0.5) is 5.69 Å². The molecule has 1 saturated heterocycles. The van der Waals surface area contributed by atoms with Crippen LogP contribution in [0.2, 0.25) is 0 Å². The molecule has 0 aliphatic carbocycles. The van der Waals surface area contributed by atoms with E-state index in [0.717, 1.165) is 49.2 Å². The van der Waals surface area contributed by atoms with Crippen molar-refractivity contribution in [3.63, 3.8) is 0 Å². The summed E-state index contributed by atoms with van der Waals surface area (Å²) >= 11 is 1.70. The van der Waals surface area contributed by atoms with Gasteiger partial charge in [-0.05, 0) is 35.7 Å². The second kappa shape index (κ2) is 9.50. The van der Waals surface area contributed by atoms with Gasteiger partial charge in [0.2, 0.25) is 0 Å². The molecule has 1 aromatic carbocycles. The van der Waals surface area contributed by atoms with Crippen LogP contribution in [0.25, 0.3) is 0 Å². The van der Waals surface area contributed by atoms with Gasteiger partial charge in [0.15, 0.2) is 5.96 Å². The fourth-order valence-corrected chi connectivity index (χ4v) is 3.81. The average molecular weight is 389 g/mol. The summed E-state index contributed by atoms with van der Waals surface area (Å²) in [4.78, 5) is 7.07. The van der Waals surface area contributed by atoms with E-state index in [4.69, 9.17) is 14.5 Å². The first-order valence-corrected chi connectivity index (χ1v) is 10.2. The van der Waals surface area contributed by atoms with E-state index in [1.807, 2.05) is 6.07 Å². The zero-order chi connectivity index (χ0) is 19.1. The Morgan fingerprint density at radius 2 is 2.04 bits per heavy atom. The van der Waals surface area contributed by atoms with E-state index in [1.165, 1.54) is 5.56 Å². The molecule has 2 heterocycles. The molecule has 0 saturated carbocycles. The van der Waals surface area contributed by atoms with Crippen LogP contribution in [0.1, 0.15) is 18.9 Å². The van der Waals surface area contributed by atoms with Gasteiger partial charge in [0, 0.05) is 49.6 Å². The largest absolute Gasteiger partial charge is 0.497 e. The van der Waals surface area contributed by atoms with Gasteiger partial charge in [-0.3, -0.25) is 0 Å². The molecule has 1 unspecified atom stereocenters. The second-order valence-corrected chi connectivity index (χ2v) is 7.25. The van der Waals surface area contributed by atoms with Crippen molar-refractivity contribution in [2.75, 3.05) is 38.8 Å². The lowest BCUT2D eigenvalue weighted by Crippen LogP contribution is -2.44. The molecular formula is C20H28N4O2S. The number of methoxy groups -OCH3 is 2. The Bertz CT molecular complexity index is 726. The van der Waals surface area contributed by atoms with Crippen LogP contribution in [0.3, 0.4) is 0 Å². The molecule has 27 heavy (non-hydrogen) atoms. The second-order valence-electron chi connectivity index (χ2n) is 6.47. The van der Waals surface area contributed by atoms with E-state index in [2.05, 4.69) is 51.4 Å². The molecular weight excluding hydrogens is 360 g/mol. The van der Waals surface area contributed by atoms with Crippen LogP contribution in [0, 0.1) is 0 Å². The fourth-order valence-electron chi connectivity index (χ4n) is 3.15. The standard InChI is InChI=1S/C20H28N4O2S/c1-4-21-20(22-12-15-6-8-27-14-15)23-16-5-7-24(13-16)17-9-18(25-2)11-19(10-17)26-3/h6,8-11,14,16H,4-5,7,12-13H2,1-3H3,(H2,21,22,23). The van der Waals surface area contributed by atoms with E-state index in [1.54, 1.807) is 25.6 Å². The third kappa shape index (κ3) is 5.29. The molecule has 0 bridgehead atoms. The number of hydrogen-bond acceptors (Lipinski definition) is 5. The van der Waals surface area contributed by atoms with Crippen molar-refractivity contribution in [2.45, 2.75) is 25.9 Å². The van der Waals surface area contributed by atoms with E-state index < -0.39 is 0 Å². The predicted octanol–water partition coefficient (Wildman–Crippen LogP) is 3.10. The molecule has 3 rings (SSSR count). The van der Waals surface area contributed by atoms with Crippen LogP contribution in [-0.2, 0) is 6.54 Å². The van der Waals surface area contributed by atoms with Gasteiger partial charge < -0.3 is 25.0 Å². The van der Waals surface area contributed by atoms with Gasteiger partial charge in [-0.2, -0.15) is 11.3 Å². The smallest absolute Gasteiger partial charge is 0.191 e. The lowest BCUT2D eigenvalue weighted by Gasteiger charge is -2.21. The molecule has 1 aromatic heterocycles. The van der Waals surface area contributed by atoms with Crippen molar-refractivity contribution >= 4 is 23.0 Å². The topological polar surface area (TPSA) is 58.1 Å². The number of rotatable bonds is 7. The summed E-state index contributed by atoms with van der Waals surface area (Å²) in [6.45, 7) is 5.53. The Morgan fingerprint density at radius 1 is 1.26 bits per heavy atom. The summed E-state index contributed by atoms with van der Waals surface area (Å²) in [5.41, 5.74) is 2.37. The summed E-state index contributed by atoms with van der Waals surface area (Å²) < 4.78 is 10.8. The summed E-state index contributed by atoms with van der Waals surface area (Å²) in [6.07, 6.45) is 1.06. The van der Waals surface area contributed by atoms with Crippen molar-refractivity contribution in [2.24, 2.45) is 4.99 Å². The van der Waals surface area contributed by atoms with Crippen molar-refractivity contribution < 1.29 is 9.47 Å². The first-order chi connectivity index (χ1) is 13.2. The number of benzene rings is 1. The quantitative estimate of drug-likeness (QED) is 0.564. The number of ether oxygens (including phenoxy) is 2. The van der Waals surface area contributed by atoms with Gasteiger partial charge >= 0.3 is 0 Å². The zero-order valence-corrected chi connectivity index (χ0v) is 17.0. The molecule has 1 atom stereocenters. The Morgan fingerprint density at radius 3 is 2.67 bits per heavy atom. The van der Waals surface area contributed by atoms with Gasteiger partial charge in [-0.1, -0.05) is 0 Å². The highest BCUT2D eigenvalue weighted by atomic mass is 32.1. The molecule has 146 valence electrons. The molecule has 1 fully saturated rings. The summed E-state index contributed by atoms with van der Waals surface area (Å²) in [6, 6.07) is 8.48. The Hall–Kier alpha value is -2.41. The van der Waals surface area contributed by atoms with E-state index in [0.29, 0.717) is 12.6 Å². The third-order valence-electron chi connectivity index (χ3n) is 4.57. The van der Waals surface area contributed by atoms with Crippen molar-refractivity contribution in [3.8, 4) is 11.5 Å². The Balaban J connectivity index is 1.63. The highest BCUT2D eigenvalue weighted by molar-refractivity contribution is 7.07. The Kier molecular flexibility index (Phi) is 6.81. The number of anilines is 1. The number of aliphatic imine (C=N–C) groups is 1. The van der Waals surface area contributed by atoms with E-state index >= 15 is 0 Å². The number of nitrogens with one attached hydrogen (secondary N) is 2. The van der Waals surface area contributed by atoms with Crippen LogP contribution in [-0.4, -0.2) is 45.9 Å². The van der Waals surface area contributed by atoms with Crippen LogP contribution in [0.5, 0.6) is 11.5 Å². The van der Waals surface area contributed by atoms with Gasteiger partial charge in [-0.25, -0.2) is 4.99 Å². The van der Waals surface area contributed by atoms with Gasteiger partial charge in [0.25, 0.3) is 0 Å². The lowest BCUT2D eigenvalue weighted by molar-refractivity contribution is 0.394. The van der Waals surface area contributed by atoms with Crippen molar-refractivity contribution in [1.82, 2.24) is 10.6 Å². The molecule has 1 aliphatic heterocycles. The summed E-state index contributed by atoms with van der Waals surface area (Å²) in [5, 5.41) is 11.1. The predicted molar refractivity (Wildman–Crippen MR) is 112 cm³/mol. The minimum atomic E-state index is 0.350. The highest BCUT2D eigenvalue weighted by Gasteiger charge is 2.24. The maximum Gasteiger partial charge on any atom is 0.191 e. The van der Waals surface area contributed by atoms with Gasteiger partial charge in [-0.15, -0.1) is 0 Å². The number of thiophene rings is 1. The summed E-state index contributed by atoms with van der Waals surface area (Å²) in [5.74, 6) is 2.50. The lowest BCUT2D eigenvalue weighted by atomic mass is 10.2. The molecule has 2 N–H and O–H groups in total. The molecule has 0 radical (unpaired) electrons. The first-order valence-electron chi connectivity index (χ1n) is 9.25.